The third kappa shape index (κ3) is 2.22. The van der Waals surface area contributed by atoms with Crippen LogP contribution in [0.25, 0.3) is 0 Å². The highest BCUT2D eigenvalue weighted by Gasteiger charge is 2.19. The largest absolute Gasteiger partial charge is 0.486 e. The maximum absolute atomic E-state index is 6.03. The molecule has 17 heavy (non-hydrogen) atoms. The summed E-state index contributed by atoms with van der Waals surface area (Å²) in [6, 6.07) is 6.60. The molecular weight excluding hydrogens is 210 g/mol. The minimum Gasteiger partial charge on any atom is -0.486 e. The second-order valence-corrected chi connectivity index (χ2v) is 5.02. The fraction of sp³-hybridized carbons (Fsp3) is 0.467. The molecule has 0 saturated carbocycles. The molecule has 0 spiro atoms. The molecule has 0 bridgehead atoms. The molecule has 0 aliphatic heterocycles. The highest BCUT2D eigenvalue weighted by molar-refractivity contribution is 5.40. The van der Waals surface area contributed by atoms with Gasteiger partial charge < -0.3 is 10.5 Å². The lowest BCUT2D eigenvalue weighted by molar-refractivity contribution is 0.230. The minimum atomic E-state index is 0.230. The van der Waals surface area contributed by atoms with Gasteiger partial charge in [-0.3, -0.25) is 0 Å². The van der Waals surface area contributed by atoms with E-state index in [1.807, 2.05) is 0 Å². The maximum Gasteiger partial charge on any atom is 0.120 e. The first-order valence-corrected chi connectivity index (χ1v) is 6.54. The van der Waals surface area contributed by atoms with Crippen molar-refractivity contribution < 1.29 is 4.74 Å². The molecule has 2 atom stereocenters. The summed E-state index contributed by atoms with van der Waals surface area (Å²) in [4.78, 5) is 0. The third-order valence-corrected chi connectivity index (χ3v) is 3.74. The quantitative estimate of drug-likeness (QED) is 0.791. The van der Waals surface area contributed by atoms with E-state index in [-0.39, 0.29) is 12.1 Å². The summed E-state index contributed by atoms with van der Waals surface area (Å²) in [6.45, 7) is 0. The summed E-state index contributed by atoms with van der Waals surface area (Å²) in [6.07, 6.45) is 10.4. The van der Waals surface area contributed by atoms with E-state index in [1.54, 1.807) is 0 Å². The van der Waals surface area contributed by atoms with Crippen molar-refractivity contribution >= 4 is 0 Å². The van der Waals surface area contributed by atoms with Gasteiger partial charge in [0.25, 0.3) is 0 Å². The maximum atomic E-state index is 6.03. The SMILES string of the molecule is N[C@H]1CCc2cc(OC3C=CCCC3)ccc21. The van der Waals surface area contributed by atoms with Crippen LogP contribution in [0.2, 0.25) is 0 Å². The Morgan fingerprint density at radius 3 is 3.00 bits per heavy atom. The third-order valence-electron chi connectivity index (χ3n) is 3.74. The molecule has 0 amide bonds. The van der Waals surface area contributed by atoms with Gasteiger partial charge >= 0.3 is 0 Å². The topological polar surface area (TPSA) is 35.2 Å². The van der Waals surface area contributed by atoms with Crippen LogP contribution in [0.3, 0.4) is 0 Å². The zero-order chi connectivity index (χ0) is 11.7. The Bertz CT molecular complexity index is 439. The van der Waals surface area contributed by atoms with Gasteiger partial charge in [0.2, 0.25) is 0 Å². The van der Waals surface area contributed by atoms with Crippen molar-refractivity contribution in [2.45, 2.75) is 44.2 Å². The lowest BCUT2D eigenvalue weighted by Gasteiger charge is -2.19. The number of allylic oxidation sites excluding steroid dienone is 1. The lowest BCUT2D eigenvalue weighted by atomic mass is 10.0. The van der Waals surface area contributed by atoms with Crippen molar-refractivity contribution in [3.8, 4) is 5.75 Å². The normalized spacial score (nSPS) is 26.9. The molecule has 2 aliphatic carbocycles. The first-order chi connectivity index (χ1) is 8.33. The standard InChI is InChI=1S/C15H19NO/c16-15-9-6-11-10-13(7-8-14(11)15)17-12-4-2-1-3-5-12/h2,4,7-8,10,12,15H,1,3,5-6,9,16H2/t12?,15-/m0/s1. The summed E-state index contributed by atoms with van der Waals surface area (Å²) in [7, 11) is 0. The van der Waals surface area contributed by atoms with Crippen LogP contribution in [-0.4, -0.2) is 6.10 Å². The number of hydrogen-bond donors (Lipinski definition) is 1. The minimum absolute atomic E-state index is 0.230. The molecule has 2 aliphatic rings. The molecule has 0 fully saturated rings. The van der Waals surface area contributed by atoms with E-state index in [0.29, 0.717) is 0 Å². The van der Waals surface area contributed by atoms with Gasteiger partial charge in [0.15, 0.2) is 0 Å². The van der Waals surface area contributed by atoms with E-state index in [0.717, 1.165) is 25.0 Å². The Balaban J connectivity index is 1.76. The van der Waals surface area contributed by atoms with E-state index in [4.69, 9.17) is 10.5 Å². The molecule has 2 nitrogen and oxygen atoms in total. The van der Waals surface area contributed by atoms with E-state index in [2.05, 4.69) is 30.4 Å². The van der Waals surface area contributed by atoms with Crippen LogP contribution in [0.4, 0.5) is 0 Å². The molecule has 3 rings (SSSR count). The van der Waals surface area contributed by atoms with E-state index in [1.165, 1.54) is 24.0 Å². The Kier molecular flexibility index (Phi) is 2.89. The zero-order valence-electron chi connectivity index (χ0n) is 10.1. The smallest absolute Gasteiger partial charge is 0.120 e. The summed E-state index contributed by atoms with van der Waals surface area (Å²) in [5.41, 5.74) is 8.70. The predicted molar refractivity (Wildman–Crippen MR) is 69.1 cm³/mol. The fourth-order valence-electron chi connectivity index (χ4n) is 2.75. The molecule has 2 heteroatoms. The summed E-state index contributed by atoms with van der Waals surface area (Å²) >= 11 is 0. The predicted octanol–water partition coefficient (Wildman–Crippen LogP) is 3.12. The van der Waals surface area contributed by atoms with E-state index < -0.39 is 0 Å². The number of hydrogen-bond acceptors (Lipinski definition) is 2. The Hall–Kier alpha value is -1.28. The van der Waals surface area contributed by atoms with Gasteiger partial charge in [-0.05, 0) is 61.4 Å². The van der Waals surface area contributed by atoms with Gasteiger partial charge in [-0.2, -0.15) is 0 Å². The van der Waals surface area contributed by atoms with Crippen LogP contribution in [0.5, 0.6) is 5.75 Å². The molecule has 0 heterocycles. The molecule has 90 valence electrons. The first-order valence-electron chi connectivity index (χ1n) is 6.54. The van der Waals surface area contributed by atoms with Gasteiger partial charge in [-0.25, -0.2) is 0 Å². The molecule has 1 aromatic rings. The van der Waals surface area contributed by atoms with Gasteiger partial charge in [0.05, 0.1) is 0 Å². The lowest BCUT2D eigenvalue weighted by Crippen LogP contribution is -2.15. The Morgan fingerprint density at radius 1 is 1.24 bits per heavy atom. The van der Waals surface area contributed by atoms with Gasteiger partial charge in [0.1, 0.15) is 11.9 Å². The van der Waals surface area contributed by atoms with Crippen LogP contribution >= 0.6 is 0 Å². The van der Waals surface area contributed by atoms with E-state index in [9.17, 15) is 0 Å². The molecule has 0 aromatic heterocycles. The Morgan fingerprint density at radius 2 is 2.18 bits per heavy atom. The fourth-order valence-corrected chi connectivity index (χ4v) is 2.75. The second-order valence-electron chi connectivity index (χ2n) is 5.02. The van der Waals surface area contributed by atoms with Crippen molar-refractivity contribution in [1.29, 1.82) is 0 Å². The monoisotopic (exact) mass is 229 g/mol. The van der Waals surface area contributed by atoms with Crippen molar-refractivity contribution in [2.24, 2.45) is 5.73 Å². The molecule has 1 aromatic carbocycles. The number of rotatable bonds is 2. The molecule has 2 N–H and O–H groups in total. The summed E-state index contributed by atoms with van der Waals surface area (Å²) < 4.78 is 5.99. The van der Waals surface area contributed by atoms with Crippen LogP contribution in [0.1, 0.15) is 42.9 Å². The summed E-state index contributed by atoms with van der Waals surface area (Å²) in [5, 5.41) is 0. The van der Waals surface area contributed by atoms with Crippen LogP contribution in [0.15, 0.2) is 30.4 Å². The molecule has 0 radical (unpaired) electrons. The van der Waals surface area contributed by atoms with Crippen molar-refractivity contribution in [3.63, 3.8) is 0 Å². The summed E-state index contributed by atoms with van der Waals surface area (Å²) in [5.74, 6) is 0.995. The van der Waals surface area contributed by atoms with Crippen molar-refractivity contribution in [2.75, 3.05) is 0 Å². The first kappa shape index (κ1) is 10.8. The molecular formula is C15H19NO. The number of aryl methyl sites for hydroxylation is 1. The highest BCUT2D eigenvalue weighted by atomic mass is 16.5. The van der Waals surface area contributed by atoms with Crippen LogP contribution in [-0.2, 0) is 6.42 Å². The molecule has 0 saturated heterocycles. The Labute approximate surface area is 102 Å². The van der Waals surface area contributed by atoms with Gasteiger partial charge in [-0.15, -0.1) is 0 Å². The van der Waals surface area contributed by atoms with E-state index >= 15 is 0 Å². The van der Waals surface area contributed by atoms with Crippen molar-refractivity contribution in [1.82, 2.24) is 0 Å². The number of benzene rings is 1. The van der Waals surface area contributed by atoms with Gasteiger partial charge in [0, 0.05) is 6.04 Å². The molecule has 1 unspecified atom stereocenters. The van der Waals surface area contributed by atoms with Crippen LogP contribution < -0.4 is 10.5 Å². The van der Waals surface area contributed by atoms with Crippen LogP contribution in [0, 0.1) is 0 Å². The second kappa shape index (κ2) is 4.53. The highest BCUT2D eigenvalue weighted by Crippen LogP contribution is 2.32. The number of ether oxygens (including phenoxy) is 1. The zero-order valence-corrected chi connectivity index (χ0v) is 10.1. The average molecular weight is 229 g/mol. The van der Waals surface area contributed by atoms with Crippen molar-refractivity contribution in [3.05, 3.63) is 41.5 Å². The number of nitrogens with two attached hydrogens (primary N) is 1. The average Bonchev–Trinajstić information content (AvgIpc) is 2.72. The number of fused-ring (bicyclic) bond motifs is 1. The van der Waals surface area contributed by atoms with Gasteiger partial charge in [-0.1, -0.05) is 12.1 Å².